The van der Waals surface area contributed by atoms with Gasteiger partial charge in [0.2, 0.25) is 0 Å². The number of esters is 1. The van der Waals surface area contributed by atoms with Crippen molar-refractivity contribution in [2.24, 2.45) is 0 Å². The van der Waals surface area contributed by atoms with Crippen molar-refractivity contribution >= 4 is 14.0 Å². The van der Waals surface area contributed by atoms with E-state index < -0.39 is 14.2 Å². The van der Waals surface area contributed by atoms with Gasteiger partial charge in [-0.2, -0.15) is 0 Å². The van der Waals surface area contributed by atoms with Crippen molar-refractivity contribution in [2.45, 2.75) is 37.9 Å². The van der Waals surface area contributed by atoms with Crippen LogP contribution in [0.3, 0.4) is 0 Å². The minimum Gasteiger partial charge on any atom is -0.497 e. The Morgan fingerprint density at radius 3 is 1.85 bits per heavy atom. The summed E-state index contributed by atoms with van der Waals surface area (Å²) in [5, 5.41) is 10.6. The minimum atomic E-state index is -1.87. The van der Waals surface area contributed by atoms with E-state index >= 15 is 0 Å². The Morgan fingerprint density at radius 2 is 1.41 bits per heavy atom. The lowest BCUT2D eigenvalue weighted by molar-refractivity contribution is 0.0319. The zero-order chi connectivity index (χ0) is 20.0. The van der Waals surface area contributed by atoms with Crippen LogP contribution in [-0.4, -0.2) is 39.1 Å². The summed E-state index contributed by atoms with van der Waals surface area (Å²) in [6.45, 7) is 6.37. The largest absolute Gasteiger partial charge is 0.497 e. The van der Waals surface area contributed by atoms with E-state index in [1.54, 1.807) is 38.5 Å². The fourth-order valence-electron chi connectivity index (χ4n) is 2.67. The Kier molecular flexibility index (Phi) is 7.04. The summed E-state index contributed by atoms with van der Waals surface area (Å²) in [6, 6.07) is 14.1. The van der Waals surface area contributed by atoms with E-state index in [-0.39, 0.29) is 11.7 Å². The van der Waals surface area contributed by atoms with Gasteiger partial charge in [-0.15, -0.1) is 0 Å². The van der Waals surface area contributed by atoms with Crippen LogP contribution in [0.1, 0.15) is 28.4 Å². The maximum atomic E-state index is 12.6. The second-order valence-electron chi connectivity index (χ2n) is 7.51. The van der Waals surface area contributed by atoms with Gasteiger partial charge in [-0.25, -0.2) is 4.79 Å². The van der Waals surface area contributed by atoms with Gasteiger partial charge >= 0.3 is 5.97 Å². The Labute approximate surface area is 161 Å². The summed E-state index contributed by atoms with van der Waals surface area (Å²) in [6.07, 6.45) is -0.347. The molecule has 6 heteroatoms. The molecule has 27 heavy (non-hydrogen) atoms. The van der Waals surface area contributed by atoms with E-state index in [1.807, 2.05) is 24.3 Å². The maximum absolute atomic E-state index is 12.6. The van der Waals surface area contributed by atoms with E-state index in [4.69, 9.17) is 14.2 Å². The number of ether oxygens (including phenoxy) is 3. The summed E-state index contributed by atoms with van der Waals surface area (Å²) in [5.74, 6) is 1.04. The highest BCUT2D eigenvalue weighted by molar-refractivity contribution is 6.77. The molecule has 0 aliphatic heterocycles. The molecule has 2 aromatic rings. The van der Waals surface area contributed by atoms with Gasteiger partial charge in [-0.05, 0) is 42.0 Å². The van der Waals surface area contributed by atoms with Crippen molar-refractivity contribution in [1.82, 2.24) is 0 Å². The molecule has 0 radical (unpaired) electrons. The van der Waals surface area contributed by atoms with Crippen LogP contribution >= 0.6 is 0 Å². The highest BCUT2D eigenvalue weighted by atomic mass is 28.3. The third-order valence-corrected chi connectivity index (χ3v) is 6.76. The Balaban J connectivity index is 2.10. The number of aliphatic hydroxyl groups is 1. The molecule has 0 heterocycles. The fraction of sp³-hybridized carbons (Fsp3) is 0.381. The smallest absolute Gasteiger partial charge is 0.338 e. The molecule has 0 saturated carbocycles. The Bertz CT molecular complexity index is 735. The third-order valence-electron chi connectivity index (χ3n) is 4.48. The zero-order valence-corrected chi connectivity index (χ0v) is 17.6. The molecule has 2 atom stereocenters. The summed E-state index contributed by atoms with van der Waals surface area (Å²) < 4.78 is 16.1. The van der Waals surface area contributed by atoms with Gasteiger partial charge in [0.15, 0.2) is 0 Å². The molecule has 0 spiro atoms. The van der Waals surface area contributed by atoms with E-state index in [0.717, 1.165) is 11.3 Å². The molecule has 0 unspecified atom stereocenters. The molecule has 0 aromatic heterocycles. The molecule has 0 aliphatic rings. The van der Waals surface area contributed by atoms with Crippen molar-refractivity contribution < 1.29 is 24.1 Å². The highest BCUT2D eigenvalue weighted by Gasteiger charge is 2.33. The second kappa shape index (κ2) is 9.06. The van der Waals surface area contributed by atoms with E-state index in [1.165, 1.54) is 0 Å². The topological polar surface area (TPSA) is 65.0 Å². The molecule has 0 saturated heterocycles. The minimum absolute atomic E-state index is 0.316. The molecule has 0 aliphatic carbocycles. The second-order valence-corrected chi connectivity index (χ2v) is 12.9. The van der Waals surface area contributed by atoms with Gasteiger partial charge in [-0.3, -0.25) is 0 Å². The van der Waals surface area contributed by atoms with Crippen molar-refractivity contribution in [3.63, 3.8) is 0 Å². The van der Waals surface area contributed by atoms with Crippen LogP contribution in [0.15, 0.2) is 48.5 Å². The van der Waals surface area contributed by atoms with Gasteiger partial charge in [0.1, 0.15) is 11.5 Å². The first-order valence-corrected chi connectivity index (χ1v) is 12.5. The van der Waals surface area contributed by atoms with Gasteiger partial charge < -0.3 is 19.3 Å². The maximum Gasteiger partial charge on any atom is 0.338 e. The van der Waals surface area contributed by atoms with Crippen LogP contribution in [0.4, 0.5) is 0 Å². The molecule has 2 rings (SSSR count). The van der Waals surface area contributed by atoms with E-state index in [2.05, 4.69) is 19.6 Å². The molecule has 0 amide bonds. The molecule has 0 bridgehead atoms. The molecule has 1 N–H and O–H groups in total. The van der Waals surface area contributed by atoms with Crippen LogP contribution in [0, 0.1) is 0 Å². The quantitative estimate of drug-likeness (QED) is 0.541. The summed E-state index contributed by atoms with van der Waals surface area (Å²) in [7, 11) is 1.31. The van der Waals surface area contributed by atoms with Gasteiger partial charge in [0.05, 0.1) is 39.7 Å². The number of rotatable bonds is 8. The van der Waals surface area contributed by atoms with Crippen LogP contribution in [0.2, 0.25) is 19.6 Å². The fourth-order valence-corrected chi connectivity index (χ4v) is 4.06. The Morgan fingerprint density at radius 1 is 0.926 bits per heavy atom. The van der Waals surface area contributed by atoms with Crippen molar-refractivity contribution in [3.05, 3.63) is 59.7 Å². The lowest BCUT2D eigenvalue weighted by Gasteiger charge is -2.30. The lowest BCUT2D eigenvalue weighted by atomic mass is 10.1. The first kappa shape index (κ1) is 21.0. The normalized spacial score (nSPS) is 13.6. The number of hydrogen-bond donors (Lipinski definition) is 1. The molecule has 146 valence electrons. The number of methoxy groups -OCH3 is 2. The summed E-state index contributed by atoms with van der Waals surface area (Å²) in [5.41, 5.74) is 0.932. The lowest BCUT2D eigenvalue weighted by Crippen LogP contribution is -2.42. The van der Waals surface area contributed by atoms with Gasteiger partial charge in [-0.1, -0.05) is 31.8 Å². The zero-order valence-electron chi connectivity index (χ0n) is 16.6. The first-order valence-electron chi connectivity index (χ1n) is 8.91. The van der Waals surface area contributed by atoms with Crippen molar-refractivity contribution in [2.75, 3.05) is 14.2 Å². The molecular weight excluding hydrogens is 360 g/mol. The average Bonchev–Trinajstić information content (AvgIpc) is 2.66. The monoisotopic (exact) mass is 388 g/mol. The van der Waals surface area contributed by atoms with Crippen LogP contribution in [0.5, 0.6) is 11.5 Å². The summed E-state index contributed by atoms with van der Waals surface area (Å²) >= 11 is 0. The van der Waals surface area contributed by atoms with Crippen LogP contribution in [0.25, 0.3) is 0 Å². The van der Waals surface area contributed by atoms with Gasteiger partial charge in [0.25, 0.3) is 0 Å². The van der Waals surface area contributed by atoms with E-state index in [9.17, 15) is 9.90 Å². The molecule has 0 fully saturated rings. The number of hydrogen-bond acceptors (Lipinski definition) is 5. The number of aliphatic hydroxyl groups excluding tert-OH is 1. The SMILES string of the molecule is COc1ccc(C(=O)O[C@@H](C[C@H](O)c2ccc(OC)cc2)[Si](C)(C)C)cc1. The highest BCUT2D eigenvalue weighted by Crippen LogP contribution is 2.27. The predicted molar refractivity (Wildman–Crippen MR) is 108 cm³/mol. The Hall–Kier alpha value is -2.31. The van der Waals surface area contributed by atoms with Crippen LogP contribution in [-0.2, 0) is 4.74 Å². The van der Waals surface area contributed by atoms with Crippen molar-refractivity contribution in [1.29, 1.82) is 0 Å². The van der Waals surface area contributed by atoms with Gasteiger partial charge in [0, 0.05) is 6.42 Å². The van der Waals surface area contributed by atoms with Crippen LogP contribution < -0.4 is 9.47 Å². The molecular formula is C21H28O5Si. The van der Waals surface area contributed by atoms with Crippen molar-refractivity contribution in [3.8, 4) is 11.5 Å². The first-order chi connectivity index (χ1) is 12.7. The number of carbonyl (C=O) groups is 1. The predicted octanol–water partition coefficient (Wildman–Crippen LogP) is 4.23. The van der Waals surface area contributed by atoms with E-state index in [0.29, 0.717) is 17.7 Å². The number of benzene rings is 2. The average molecular weight is 389 g/mol. The standard InChI is InChI=1S/C21H28O5Si/c1-24-17-10-6-15(7-11-17)19(22)14-20(27(3,4)5)26-21(23)16-8-12-18(25-2)13-9-16/h6-13,19-20,22H,14H2,1-5H3/t19-,20+/m0/s1. The third kappa shape index (κ3) is 5.84. The summed E-state index contributed by atoms with van der Waals surface area (Å²) in [4.78, 5) is 12.6. The number of carbonyl (C=O) groups excluding carboxylic acids is 1. The molecule has 5 nitrogen and oxygen atoms in total. The molecule has 2 aromatic carbocycles.